The highest BCUT2D eigenvalue weighted by Gasteiger charge is 2.17. The quantitative estimate of drug-likeness (QED) is 0.522. The maximum atomic E-state index is 12.5. The van der Waals surface area contributed by atoms with Gasteiger partial charge >= 0.3 is 5.97 Å². The lowest BCUT2D eigenvalue weighted by molar-refractivity contribution is -0.119. The Labute approximate surface area is 182 Å². The second-order valence-corrected chi connectivity index (χ2v) is 7.89. The minimum atomic E-state index is -0.723. The van der Waals surface area contributed by atoms with E-state index in [2.05, 4.69) is 10.6 Å². The van der Waals surface area contributed by atoms with Crippen LogP contribution in [0.5, 0.6) is 0 Å². The Bertz CT molecular complexity index is 1070. The van der Waals surface area contributed by atoms with Crippen LogP contribution in [-0.4, -0.2) is 24.4 Å². The fraction of sp³-hybridized carbons (Fsp3) is 0.136. The van der Waals surface area contributed by atoms with Gasteiger partial charge in [0.2, 0.25) is 0 Å². The van der Waals surface area contributed by atoms with Gasteiger partial charge in [0, 0.05) is 0 Å². The molecule has 1 heterocycles. The predicted octanol–water partition coefficient (Wildman–Crippen LogP) is 5.07. The molecule has 0 radical (unpaired) electrons. The van der Waals surface area contributed by atoms with E-state index >= 15 is 0 Å². The van der Waals surface area contributed by atoms with Gasteiger partial charge in [-0.1, -0.05) is 35.9 Å². The molecule has 30 heavy (non-hydrogen) atoms. The van der Waals surface area contributed by atoms with Crippen LogP contribution in [0.25, 0.3) is 0 Å². The summed E-state index contributed by atoms with van der Waals surface area (Å²) < 4.78 is 5.14. The Hall–Kier alpha value is -3.16. The van der Waals surface area contributed by atoms with Crippen molar-refractivity contribution in [3.63, 3.8) is 0 Å². The third-order valence-electron chi connectivity index (χ3n) is 4.17. The van der Waals surface area contributed by atoms with E-state index in [9.17, 15) is 14.4 Å². The summed E-state index contributed by atoms with van der Waals surface area (Å²) in [6.45, 7) is 3.24. The summed E-state index contributed by atoms with van der Waals surface area (Å²) in [5.74, 6) is -1.57. The first-order valence-electron chi connectivity index (χ1n) is 9.02. The first-order chi connectivity index (χ1) is 14.3. The van der Waals surface area contributed by atoms with Gasteiger partial charge in [0.15, 0.2) is 6.61 Å². The number of amides is 2. The van der Waals surface area contributed by atoms with E-state index in [1.807, 2.05) is 19.9 Å². The van der Waals surface area contributed by atoms with Crippen LogP contribution in [0.15, 0.2) is 53.9 Å². The SMILES string of the molecule is Cc1cc(C)c(NC(=O)COC(=O)c2ccccc2NC(=O)c2cccs2)c(Cl)c1. The average Bonchev–Trinajstić information content (AvgIpc) is 3.24. The number of esters is 1. The average molecular weight is 443 g/mol. The van der Waals surface area contributed by atoms with Crippen molar-refractivity contribution in [2.45, 2.75) is 13.8 Å². The minimum Gasteiger partial charge on any atom is -0.452 e. The summed E-state index contributed by atoms with van der Waals surface area (Å²) in [7, 11) is 0. The molecular weight excluding hydrogens is 424 g/mol. The summed E-state index contributed by atoms with van der Waals surface area (Å²) in [4.78, 5) is 37.5. The van der Waals surface area contributed by atoms with Gasteiger partial charge in [-0.3, -0.25) is 9.59 Å². The third kappa shape index (κ3) is 5.25. The summed E-state index contributed by atoms with van der Waals surface area (Å²) in [5.41, 5.74) is 2.72. The molecule has 0 aliphatic carbocycles. The number of ether oxygens (including phenoxy) is 1. The van der Waals surface area contributed by atoms with Gasteiger partial charge in [0.1, 0.15) is 0 Å². The van der Waals surface area contributed by atoms with Crippen molar-refractivity contribution in [1.29, 1.82) is 0 Å². The topological polar surface area (TPSA) is 84.5 Å². The van der Waals surface area contributed by atoms with Crippen molar-refractivity contribution < 1.29 is 19.1 Å². The number of nitrogens with one attached hydrogen (secondary N) is 2. The van der Waals surface area contributed by atoms with Gasteiger partial charge in [-0.25, -0.2) is 4.79 Å². The highest BCUT2D eigenvalue weighted by atomic mass is 35.5. The molecule has 0 saturated carbocycles. The van der Waals surface area contributed by atoms with Gasteiger partial charge in [-0.05, 0) is 54.6 Å². The van der Waals surface area contributed by atoms with Crippen molar-refractivity contribution >= 4 is 52.1 Å². The molecule has 0 bridgehead atoms. The number of para-hydroxylation sites is 1. The number of benzene rings is 2. The van der Waals surface area contributed by atoms with Gasteiger partial charge in [-0.2, -0.15) is 0 Å². The van der Waals surface area contributed by atoms with Crippen LogP contribution >= 0.6 is 22.9 Å². The van der Waals surface area contributed by atoms with Crippen molar-refractivity contribution in [1.82, 2.24) is 0 Å². The molecule has 3 aromatic rings. The van der Waals surface area contributed by atoms with Gasteiger partial charge in [0.25, 0.3) is 11.8 Å². The lowest BCUT2D eigenvalue weighted by Gasteiger charge is -2.13. The van der Waals surface area contributed by atoms with Gasteiger partial charge in [-0.15, -0.1) is 11.3 Å². The number of hydrogen-bond donors (Lipinski definition) is 2. The van der Waals surface area contributed by atoms with Crippen molar-refractivity contribution in [2.24, 2.45) is 0 Å². The molecule has 1 aromatic heterocycles. The smallest absolute Gasteiger partial charge is 0.340 e. The molecule has 2 N–H and O–H groups in total. The molecule has 3 rings (SSSR count). The summed E-state index contributed by atoms with van der Waals surface area (Å²) >= 11 is 7.48. The fourth-order valence-corrected chi connectivity index (χ4v) is 3.81. The van der Waals surface area contributed by atoms with E-state index < -0.39 is 18.5 Å². The van der Waals surface area contributed by atoms with Crippen molar-refractivity contribution in [3.05, 3.63) is 80.5 Å². The van der Waals surface area contributed by atoms with Crippen LogP contribution in [0.4, 0.5) is 11.4 Å². The molecule has 8 heteroatoms. The standard InChI is InChI=1S/C22H19ClN2O4S/c1-13-10-14(2)20(16(23)11-13)25-19(26)12-29-22(28)15-6-3-4-7-17(15)24-21(27)18-8-5-9-30-18/h3-11H,12H2,1-2H3,(H,24,27)(H,25,26). The number of halogens is 1. The highest BCUT2D eigenvalue weighted by Crippen LogP contribution is 2.27. The van der Waals surface area contributed by atoms with Crippen molar-refractivity contribution in [2.75, 3.05) is 17.2 Å². The predicted molar refractivity (Wildman–Crippen MR) is 119 cm³/mol. The molecule has 6 nitrogen and oxygen atoms in total. The van der Waals surface area contributed by atoms with Gasteiger partial charge < -0.3 is 15.4 Å². The van der Waals surface area contributed by atoms with Crippen LogP contribution in [0, 0.1) is 13.8 Å². The van der Waals surface area contributed by atoms with Crippen molar-refractivity contribution in [3.8, 4) is 0 Å². The molecule has 0 saturated heterocycles. The Morgan fingerprint density at radius 2 is 1.80 bits per heavy atom. The number of thiophene rings is 1. The monoisotopic (exact) mass is 442 g/mol. The molecule has 0 unspecified atom stereocenters. The van der Waals surface area contributed by atoms with E-state index in [0.717, 1.165) is 11.1 Å². The summed E-state index contributed by atoms with van der Waals surface area (Å²) in [6, 6.07) is 13.5. The van der Waals surface area contributed by atoms with E-state index in [1.165, 1.54) is 17.4 Å². The van der Waals surface area contributed by atoms with E-state index in [0.29, 0.717) is 21.3 Å². The van der Waals surface area contributed by atoms with Crippen LogP contribution in [0.2, 0.25) is 5.02 Å². The molecule has 2 aromatic carbocycles. The summed E-state index contributed by atoms with van der Waals surface area (Å²) in [6.07, 6.45) is 0. The molecule has 0 atom stereocenters. The first kappa shape index (κ1) is 21.5. The number of carbonyl (C=O) groups excluding carboxylic acids is 3. The van der Waals surface area contributed by atoms with Crippen LogP contribution in [0.3, 0.4) is 0 Å². The fourth-order valence-electron chi connectivity index (χ4n) is 2.82. The molecular formula is C22H19ClN2O4S. The van der Waals surface area contributed by atoms with Crippen LogP contribution in [-0.2, 0) is 9.53 Å². The van der Waals surface area contributed by atoms with E-state index in [-0.39, 0.29) is 11.5 Å². The lowest BCUT2D eigenvalue weighted by Crippen LogP contribution is -2.22. The maximum absolute atomic E-state index is 12.5. The second-order valence-electron chi connectivity index (χ2n) is 6.54. The van der Waals surface area contributed by atoms with E-state index in [4.69, 9.17) is 16.3 Å². The third-order valence-corrected chi connectivity index (χ3v) is 5.34. The molecule has 0 aliphatic rings. The normalized spacial score (nSPS) is 10.4. The highest BCUT2D eigenvalue weighted by molar-refractivity contribution is 7.12. The van der Waals surface area contributed by atoms with Gasteiger partial charge in [0.05, 0.1) is 26.8 Å². The second kappa shape index (κ2) is 9.56. The number of hydrogen-bond acceptors (Lipinski definition) is 5. The first-order valence-corrected chi connectivity index (χ1v) is 10.3. The Morgan fingerprint density at radius 1 is 1.03 bits per heavy atom. The number of carbonyl (C=O) groups is 3. The molecule has 154 valence electrons. The molecule has 0 aliphatic heterocycles. The Balaban J connectivity index is 1.64. The molecule has 0 spiro atoms. The Kier molecular flexibility index (Phi) is 6.87. The number of anilines is 2. The molecule has 0 fully saturated rings. The summed E-state index contributed by atoms with van der Waals surface area (Å²) in [5, 5.41) is 7.55. The zero-order chi connectivity index (χ0) is 21.7. The molecule has 2 amide bonds. The zero-order valence-electron chi connectivity index (χ0n) is 16.3. The van der Waals surface area contributed by atoms with Crippen LogP contribution in [0.1, 0.15) is 31.2 Å². The maximum Gasteiger partial charge on any atom is 0.340 e. The van der Waals surface area contributed by atoms with Crippen LogP contribution < -0.4 is 10.6 Å². The zero-order valence-corrected chi connectivity index (χ0v) is 17.9. The Morgan fingerprint density at radius 3 is 2.50 bits per heavy atom. The minimum absolute atomic E-state index is 0.153. The number of aryl methyl sites for hydroxylation is 2. The largest absolute Gasteiger partial charge is 0.452 e. The lowest BCUT2D eigenvalue weighted by atomic mass is 10.1. The number of rotatable bonds is 6. The van der Waals surface area contributed by atoms with E-state index in [1.54, 1.807) is 41.8 Å².